The lowest BCUT2D eigenvalue weighted by atomic mass is 10.1. The molecule has 0 saturated heterocycles. The number of carbonyl (C=O) groups is 1. The number of halogens is 1. The zero-order chi connectivity index (χ0) is 23.3. The van der Waals surface area contributed by atoms with Crippen molar-refractivity contribution in [3.8, 4) is 5.75 Å². The van der Waals surface area contributed by atoms with Gasteiger partial charge in [-0.15, -0.1) is 0 Å². The third-order valence-electron chi connectivity index (χ3n) is 5.05. The van der Waals surface area contributed by atoms with Crippen molar-refractivity contribution in [1.82, 2.24) is 5.32 Å². The number of methoxy groups -OCH3 is 1. The Balaban J connectivity index is 1.90. The SMILES string of the molecule is COc1ccc([C@H](C)NC(=O)CN(c2cc(Cl)ccc2C)S(=O)(=O)c2ccccc2)cc1. The molecule has 0 aliphatic carbocycles. The molecule has 0 aromatic heterocycles. The van der Waals surface area contributed by atoms with Crippen LogP contribution in [0.4, 0.5) is 5.69 Å². The highest BCUT2D eigenvalue weighted by Crippen LogP contribution is 2.29. The molecule has 0 heterocycles. The molecule has 0 aliphatic rings. The number of nitrogens with one attached hydrogen (secondary N) is 1. The molecule has 0 unspecified atom stereocenters. The predicted molar refractivity (Wildman–Crippen MR) is 127 cm³/mol. The van der Waals surface area contributed by atoms with Crippen molar-refractivity contribution < 1.29 is 17.9 Å². The Morgan fingerprint density at radius 3 is 2.34 bits per heavy atom. The van der Waals surface area contributed by atoms with Gasteiger partial charge in [0.2, 0.25) is 5.91 Å². The van der Waals surface area contributed by atoms with E-state index < -0.39 is 15.9 Å². The van der Waals surface area contributed by atoms with Gasteiger partial charge in [0.15, 0.2) is 0 Å². The number of hydrogen-bond acceptors (Lipinski definition) is 4. The lowest BCUT2D eigenvalue weighted by Crippen LogP contribution is -2.41. The first-order valence-corrected chi connectivity index (χ1v) is 11.8. The van der Waals surface area contributed by atoms with Crippen molar-refractivity contribution in [2.45, 2.75) is 24.8 Å². The number of benzene rings is 3. The Labute approximate surface area is 193 Å². The van der Waals surface area contributed by atoms with E-state index in [0.717, 1.165) is 9.87 Å². The molecular formula is C24H25ClN2O4S. The molecule has 0 fully saturated rings. The van der Waals surface area contributed by atoms with Gasteiger partial charge in [-0.2, -0.15) is 0 Å². The molecule has 0 radical (unpaired) electrons. The van der Waals surface area contributed by atoms with Crippen LogP contribution >= 0.6 is 11.6 Å². The van der Waals surface area contributed by atoms with Gasteiger partial charge in [-0.05, 0) is 61.4 Å². The van der Waals surface area contributed by atoms with Crippen LogP contribution in [0, 0.1) is 6.92 Å². The maximum absolute atomic E-state index is 13.4. The van der Waals surface area contributed by atoms with Crippen molar-refractivity contribution in [3.05, 3.63) is 88.9 Å². The Morgan fingerprint density at radius 2 is 1.72 bits per heavy atom. The third kappa shape index (κ3) is 5.41. The van der Waals surface area contributed by atoms with E-state index in [4.69, 9.17) is 16.3 Å². The minimum atomic E-state index is -4.00. The van der Waals surface area contributed by atoms with Crippen molar-refractivity contribution in [2.75, 3.05) is 18.0 Å². The second kappa shape index (κ2) is 10.1. The first-order valence-electron chi connectivity index (χ1n) is 9.99. The number of carbonyl (C=O) groups excluding carboxylic acids is 1. The maximum Gasteiger partial charge on any atom is 0.264 e. The monoisotopic (exact) mass is 472 g/mol. The van der Waals surface area contributed by atoms with Crippen LogP contribution in [0.25, 0.3) is 0 Å². The average molecular weight is 473 g/mol. The highest BCUT2D eigenvalue weighted by atomic mass is 35.5. The van der Waals surface area contributed by atoms with E-state index >= 15 is 0 Å². The molecule has 3 rings (SSSR count). The quantitative estimate of drug-likeness (QED) is 0.514. The zero-order valence-corrected chi connectivity index (χ0v) is 19.7. The van der Waals surface area contributed by atoms with Crippen LogP contribution in [0.1, 0.15) is 24.1 Å². The average Bonchev–Trinajstić information content (AvgIpc) is 2.79. The number of anilines is 1. The topological polar surface area (TPSA) is 75.7 Å². The lowest BCUT2D eigenvalue weighted by molar-refractivity contribution is -0.120. The second-order valence-corrected chi connectivity index (χ2v) is 9.62. The molecule has 3 aromatic carbocycles. The fraction of sp³-hybridized carbons (Fsp3) is 0.208. The summed E-state index contributed by atoms with van der Waals surface area (Å²) in [6, 6.07) is 20.0. The normalized spacial score (nSPS) is 12.1. The molecule has 6 nitrogen and oxygen atoms in total. The predicted octanol–water partition coefficient (Wildman–Crippen LogP) is 4.73. The minimum Gasteiger partial charge on any atom is -0.497 e. The number of amides is 1. The van der Waals surface area contributed by atoms with Gasteiger partial charge in [0.25, 0.3) is 10.0 Å². The number of nitrogens with zero attached hydrogens (tertiary/aromatic N) is 1. The number of aryl methyl sites for hydroxylation is 1. The Bertz CT molecular complexity index is 1180. The summed E-state index contributed by atoms with van der Waals surface area (Å²) in [5.41, 5.74) is 1.91. The summed E-state index contributed by atoms with van der Waals surface area (Å²) in [5.74, 6) is 0.274. The van der Waals surface area contributed by atoms with Crippen molar-refractivity contribution >= 4 is 33.2 Å². The molecule has 168 valence electrons. The van der Waals surface area contributed by atoms with Crippen molar-refractivity contribution in [2.24, 2.45) is 0 Å². The summed E-state index contributed by atoms with van der Waals surface area (Å²) in [7, 11) is -2.42. The molecule has 3 aromatic rings. The largest absolute Gasteiger partial charge is 0.497 e. The summed E-state index contributed by atoms with van der Waals surface area (Å²) in [6.45, 7) is 3.22. The Kier molecular flexibility index (Phi) is 7.43. The summed E-state index contributed by atoms with van der Waals surface area (Å²) in [6.07, 6.45) is 0. The number of hydrogen-bond donors (Lipinski definition) is 1. The number of sulfonamides is 1. The van der Waals surface area contributed by atoms with Crippen LogP contribution in [0.2, 0.25) is 5.02 Å². The van der Waals surface area contributed by atoms with Crippen LogP contribution in [-0.2, 0) is 14.8 Å². The summed E-state index contributed by atoms with van der Waals surface area (Å²) in [5, 5.41) is 3.25. The van der Waals surface area contributed by atoms with Gasteiger partial charge in [0.05, 0.1) is 23.7 Å². The van der Waals surface area contributed by atoms with Crippen LogP contribution in [-0.4, -0.2) is 28.0 Å². The van der Waals surface area contributed by atoms with Crippen molar-refractivity contribution in [3.63, 3.8) is 0 Å². The molecular weight excluding hydrogens is 448 g/mol. The Morgan fingerprint density at radius 1 is 1.06 bits per heavy atom. The fourth-order valence-corrected chi connectivity index (χ4v) is 4.93. The van der Waals surface area contributed by atoms with Gasteiger partial charge in [0.1, 0.15) is 12.3 Å². The molecule has 0 bridgehead atoms. The minimum absolute atomic E-state index is 0.0929. The van der Waals surface area contributed by atoms with E-state index in [0.29, 0.717) is 22.0 Å². The van der Waals surface area contributed by atoms with Crippen LogP contribution in [0.15, 0.2) is 77.7 Å². The smallest absolute Gasteiger partial charge is 0.264 e. The van der Waals surface area contributed by atoms with Gasteiger partial charge >= 0.3 is 0 Å². The van der Waals surface area contributed by atoms with Crippen LogP contribution < -0.4 is 14.4 Å². The first-order chi connectivity index (χ1) is 15.2. The van der Waals surface area contributed by atoms with E-state index in [-0.39, 0.29) is 17.5 Å². The summed E-state index contributed by atoms with van der Waals surface area (Å²) in [4.78, 5) is 13.0. The van der Waals surface area contributed by atoms with Crippen LogP contribution in [0.5, 0.6) is 5.75 Å². The molecule has 0 spiro atoms. The molecule has 1 N–H and O–H groups in total. The Hall–Kier alpha value is -3.03. The molecule has 1 atom stereocenters. The molecule has 32 heavy (non-hydrogen) atoms. The van der Waals surface area contributed by atoms with E-state index in [1.165, 1.54) is 12.1 Å². The molecule has 1 amide bonds. The third-order valence-corrected chi connectivity index (χ3v) is 7.06. The summed E-state index contributed by atoms with van der Waals surface area (Å²) >= 11 is 6.15. The van der Waals surface area contributed by atoms with Gasteiger partial charge in [-0.1, -0.05) is 48.0 Å². The standard InChI is InChI=1S/C24H25ClN2O4S/c1-17-9-12-20(25)15-23(17)27(32(29,30)22-7-5-4-6-8-22)16-24(28)26-18(2)19-10-13-21(31-3)14-11-19/h4-15,18H,16H2,1-3H3,(H,26,28)/t18-/m0/s1. The number of rotatable bonds is 8. The van der Waals surface area contributed by atoms with Gasteiger partial charge < -0.3 is 10.1 Å². The first kappa shape index (κ1) is 23.6. The van der Waals surface area contributed by atoms with E-state index in [1.807, 2.05) is 19.1 Å². The van der Waals surface area contributed by atoms with E-state index in [2.05, 4.69) is 5.32 Å². The molecule has 0 saturated carbocycles. The fourth-order valence-electron chi connectivity index (χ4n) is 3.26. The summed E-state index contributed by atoms with van der Waals surface area (Å²) < 4.78 is 33.2. The zero-order valence-electron chi connectivity index (χ0n) is 18.1. The van der Waals surface area contributed by atoms with Gasteiger partial charge in [-0.3, -0.25) is 9.10 Å². The highest BCUT2D eigenvalue weighted by molar-refractivity contribution is 7.92. The molecule has 8 heteroatoms. The van der Waals surface area contributed by atoms with Gasteiger partial charge in [-0.25, -0.2) is 8.42 Å². The number of ether oxygens (including phenoxy) is 1. The highest BCUT2D eigenvalue weighted by Gasteiger charge is 2.28. The van der Waals surface area contributed by atoms with E-state index in [1.54, 1.807) is 62.6 Å². The van der Waals surface area contributed by atoms with E-state index in [9.17, 15) is 13.2 Å². The maximum atomic E-state index is 13.4. The van der Waals surface area contributed by atoms with Crippen LogP contribution in [0.3, 0.4) is 0 Å². The molecule has 0 aliphatic heterocycles. The van der Waals surface area contributed by atoms with Crippen molar-refractivity contribution in [1.29, 1.82) is 0 Å². The second-order valence-electron chi connectivity index (χ2n) is 7.32. The lowest BCUT2D eigenvalue weighted by Gasteiger charge is -2.26. The van der Waals surface area contributed by atoms with Gasteiger partial charge in [0, 0.05) is 5.02 Å².